The molecule has 0 radical (unpaired) electrons. The van der Waals surface area contributed by atoms with Gasteiger partial charge in [-0.25, -0.2) is 0 Å². The van der Waals surface area contributed by atoms with Gasteiger partial charge >= 0.3 is 0 Å². The van der Waals surface area contributed by atoms with Gasteiger partial charge in [0.05, 0.1) is 7.11 Å². The maximum atomic E-state index is 11.8. The van der Waals surface area contributed by atoms with Gasteiger partial charge in [0.25, 0.3) is 0 Å². The first-order valence-corrected chi connectivity index (χ1v) is 7.81. The molecule has 0 aliphatic rings. The van der Waals surface area contributed by atoms with E-state index in [1.54, 1.807) is 19.2 Å². The van der Waals surface area contributed by atoms with Crippen LogP contribution in [0.2, 0.25) is 0 Å². The Balaban J connectivity index is 1.77. The van der Waals surface area contributed by atoms with Crippen LogP contribution in [0.25, 0.3) is 0 Å². The van der Waals surface area contributed by atoms with Crippen LogP contribution in [0.1, 0.15) is 12.0 Å². The number of benzene rings is 2. The van der Waals surface area contributed by atoms with Crippen LogP contribution in [-0.2, 0) is 16.1 Å². The smallest absolute Gasteiger partial charge is 0.233 e. The van der Waals surface area contributed by atoms with Gasteiger partial charge in [0, 0.05) is 16.7 Å². The van der Waals surface area contributed by atoms with Gasteiger partial charge in [0.15, 0.2) is 0 Å². The van der Waals surface area contributed by atoms with E-state index < -0.39 is 0 Å². The topological polar surface area (TPSA) is 67.4 Å². The molecule has 0 saturated carbocycles. The molecule has 0 unspecified atom stereocenters. The Morgan fingerprint density at radius 3 is 2.26 bits per heavy atom. The van der Waals surface area contributed by atoms with Crippen molar-refractivity contribution in [2.24, 2.45) is 0 Å². The molecule has 6 heteroatoms. The number of carbonyl (C=O) groups is 2. The lowest BCUT2D eigenvalue weighted by atomic mass is 10.2. The van der Waals surface area contributed by atoms with Gasteiger partial charge in [-0.05, 0) is 42.0 Å². The SMILES string of the molecule is COc1ccc(CNC(=O)CC(=O)Nc2ccc(Br)cc2)cc1. The number of nitrogens with one attached hydrogen (secondary N) is 2. The van der Waals surface area contributed by atoms with Gasteiger partial charge in [-0.15, -0.1) is 0 Å². The van der Waals surface area contributed by atoms with E-state index in [4.69, 9.17) is 4.74 Å². The Morgan fingerprint density at radius 2 is 1.65 bits per heavy atom. The first kappa shape index (κ1) is 17.0. The third-order valence-electron chi connectivity index (χ3n) is 3.10. The zero-order valence-electron chi connectivity index (χ0n) is 12.6. The molecule has 23 heavy (non-hydrogen) atoms. The summed E-state index contributed by atoms with van der Waals surface area (Å²) < 4.78 is 5.99. The van der Waals surface area contributed by atoms with E-state index in [0.717, 1.165) is 15.8 Å². The monoisotopic (exact) mass is 376 g/mol. The minimum Gasteiger partial charge on any atom is -0.497 e. The molecule has 0 aliphatic heterocycles. The molecule has 0 heterocycles. The largest absolute Gasteiger partial charge is 0.497 e. The van der Waals surface area contributed by atoms with E-state index in [-0.39, 0.29) is 18.2 Å². The zero-order chi connectivity index (χ0) is 16.7. The van der Waals surface area contributed by atoms with Crippen molar-refractivity contribution in [3.8, 4) is 5.75 Å². The predicted octanol–water partition coefficient (Wildman–Crippen LogP) is 3.10. The van der Waals surface area contributed by atoms with Crippen LogP contribution in [-0.4, -0.2) is 18.9 Å². The van der Waals surface area contributed by atoms with Crippen LogP contribution in [0.3, 0.4) is 0 Å². The fourth-order valence-corrected chi connectivity index (χ4v) is 2.16. The van der Waals surface area contributed by atoms with Crippen molar-refractivity contribution in [3.05, 3.63) is 58.6 Å². The number of amides is 2. The van der Waals surface area contributed by atoms with E-state index in [2.05, 4.69) is 26.6 Å². The Labute approximate surface area is 143 Å². The molecule has 0 atom stereocenters. The minimum atomic E-state index is -0.348. The molecule has 0 bridgehead atoms. The summed E-state index contributed by atoms with van der Waals surface area (Å²) in [4.78, 5) is 23.6. The summed E-state index contributed by atoms with van der Waals surface area (Å²) in [5.41, 5.74) is 1.59. The molecule has 120 valence electrons. The maximum Gasteiger partial charge on any atom is 0.233 e. The second-order valence-corrected chi connectivity index (χ2v) is 5.77. The summed E-state index contributed by atoms with van der Waals surface area (Å²) in [6.45, 7) is 0.369. The summed E-state index contributed by atoms with van der Waals surface area (Å²) >= 11 is 3.32. The highest BCUT2D eigenvalue weighted by atomic mass is 79.9. The van der Waals surface area contributed by atoms with Crippen molar-refractivity contribution in [1.82, 2.24) is 5.32 Å². The molecule has 2 rings (SSSR count). The summed E-state index contributed by atoms with van der Waals surface area (Å²) in [6.07, 6.45) is -0.216. The number of methoxy groups -OCH3 is 1. The standard InChI is InChI=1S/C17H17BrN2O3/c1-23-15-8-2-12(3-9-15)11-19-16(21)10-17(22)20-14-6-4-13(18)5-7-14/h2-9H,10-11H2,1H3,(H,19,21)(H,20,22). The lowest BCUT2D eigenvalue weighted by Crippen LogP contribution is -2.27. The molecule has 2 aromatic carbocycles. The van der Waals surface area contributed by atoms with E-state index in [1.165, 1.54) is 0 Å². The Kier molecular flexibility index (Phi) is 6.17. The van der Waals surface area contributed by atoms with Crippen molar-refractivity contribution in [1.29, 1.82) is 0 Å². The number of hydrogen-bond donors (Lipinski definition) is 2. The highest BCUT2D eigenvalue weighted by Gasteiger charge is 2.09. The quantitative estimate of drug-likeness (QED) is 0.761. The summed E-state index contributed by atoms with van der Waals surface area (Å²) in [6, 6.07) is 14.5. The van der Waals surface area contributed by atoms with Crippen molar-refractivity contribution in [3.63, 3.8) is 0 Å². The van der Waals surface area contributed by atoms with Crippen molar-refractivity contribution in [2.75, 3.05) is 12.4 Å². The lowest BCUT2D eigenvalue weighted by Gasteiger charge is -2.07. The maximum absolute atomic E-state index is 11.8. The second-order valence-electron chi connectivity index (χ2n) is 4.86. The summed E-state index contributed by atoms with van der Waals surface area (Å²) in [5, 5.41) is 5.39. The number of anilines is 1. The molecule has 5 nitrogen and oxygen atoms in total. The first-order valence-electron chi connectivity index (χ1n) is 7.02. The number of halogens is 1. The van der Waals surface area contributed by atoms with Crippen LogP contribution in [0.4, 0.5) is 5.69 Å². The number of ether oxygens (including phenoxy) is 1. The highest BCUT2D eigenvalue weighted by Crippen LogP contribution is 2.14. The Morgan fingerprint density at radius 1 is 1.00 bits per heavy atom. The van der Waals surface area contributed by atoms with Crippen LogP contribution >= 0.6 is 15.9 Å². The predicted molar refractivity (Wildman–Crippen MR) is 92.2 cm³/mol. The first-order chi connectivity index (χ1) is 11.1. The molecule has 0 saturated heterocycles. The average Bonchev–Trinajstić information content (AvgIpc) is 2.55. The van der Waals surface area contributed by atoms with Crippen molar-refractivity contribution < 1.29 is 14.3 Å². The van der Waals surface area contributed by atoms with Crippen LogP contribution in [0.5, 0.6) is 5.75 Å². The molecule has 0 fully saturated rings. The van der Waals surface area contributed by atoms with E-state index in [0.29, 0.717) is 12.2 Å². The molecular weight excluding hydrogens is 360 g/mol. The number of hydrogen-bond acceptors (Lipinski definition) is 3. The van der Waals surface area contributed by atoms with Gasteiger partial charge in [-0.1, -0.05) is 28.1 Å². The number of carbonyl (C=O) groups excluding carboxylic acids is 2. The van der Waals surface area contributed by atoms with Crippen LogP contribution in [0, 0.1) is 0 Å². The lowest BCUT2D eigenvalue weighted by molar-refractivity contribution is -0.126. The minimum absolute atomic E-state index is 0.216. The molecule has 0 aliphatic carbocycles. The fourth-order valence-electron chi connectivity index (χ4n) is 1.89. The van der Waals surface area contributed by atoms with E-state index in [1.807, 2.05) is 36.4 Å². The van der Waals surface area contributed by atoms with Crippen LogP contribution < -0.4 is 15.4 Å². The van der Waals surface area contributed by atoms with Crippen LogP contribution in [0.15, 0.2) is 53.0 Å². The second kappa shape index (κ2) is 8.33. The third kappa shape index (κ3) is 5.75. The molecular formula is C17H17BrN2O3. The highest BCUT2D eigenvalue weighted by molar-refractivity contribution is 9.10. The third-order valence-corrected chi connectivity index (χ3v) is 3.63. The van der Waals surface area contributed by atoms with E-state index in [9.17, 15) is 9.59 Å². The average molecular weight is 377 g/mol. The Bertz CT molecular complexity index is 669. The van der Waals surface area contributed by atoms with E-state index >= 15 is 0 Å². The molecule has 2 aromatic rings. The summed E-state index contributed by atoms with van der Waals surface area (Å²) in [5.74, 6) is 0.0870. The molecule has 0 aromatic heterocycles. The van der Waals surface area contributed by atoms with Crippen molar-refractivity contribution in [2.45, 2.75) is 13.0 Å². The molecule has 0 spiro atoms. The number of rotatable bonds is 6. The van der Waals surface area contributed by atoms with Gasteiger partial charge < -0.3 is 15.4 Å². The van der Waals surface area contributed by atoms with Gasteiger partial charge in [0.2, 0.25) is 11.8 Å². The molecule has 2 N–H and O–H groups in total. The zero-order valence-corrected chi connectivity index (χ0v) is 14.2. The van der Waals surface area contributed by atoms with Gasteiger partial charge in [0.1, 0.15) is 12.2 Å². The Hall–Kier alpha value is -2.34. The molecule has 2 amide bonds. The van der Waals surface area contributed by atoms with Gasteiger partial charge in [-0.3, -0.25) is 9.59 Å². The van der Waals surface area contributed by atoms with Gasteiger partial charge in [-0.2, -0.15) is 0 Å². The summed E-state index contributed by atoms with van der Waals surface area (Å²) in [7, 11) is 1.60. The normalized spacial score (nSPS) is 10.0. The van der Waals surface area contributed by atoms with Crippen molar-refractivity contribution >= 4 is 33.4 Å². The fraction of sp³-hybridized carbons (Fsp3) is 0.176.